The van der Waals surface area contributed by atoms with Crippen molar-refractivity contribution in [2.75, 3.05) is 0 Å². The van der Waals surface area contributed by atoms with Crippen molar-refractivity contribution < 1.29 is 0 Å². The van der Waals surface area contributed by atoms with Gasteiger partial charge in [0.25, 0.3) is 0 Å². The molecule has 0 aliphatic heterocycles. The summed E-state index contributed by atoms with van der Waals surface area (Å²) in [4.78, 5) is 0. The minimum Gasteiger partial charge on any atom is -0.0622 e. The van der Waals surface area contributed by atoms with E-state index in [0.29, 0.717) is 0 Å². The minimum absolute atomic E-state index is 0.0869. The molecule has 0 heteroatoms. The van der Waals surface area contributed by atoms with Crippen molar-refractivity contribution in [1.29, 1.82) is 0 Å². The molecule has 276 valence electrons. The molecule has 0 amide bonds. The van der Waals surface area contributed by atoms with Crippen LogP contribution in [0.25, 0.3) is 109 Å². The van der Waals surface area contributed by atoms with Crippen molar-refractivity contribution >= 4 is 53.9 Å². The van der Waals surface area contributed by atoms with Crippen LogP contribution in [0.1, 0.15) is 25.0 Å². The molecule has 12 rings (SSSR count). The first kappa shape index (κ1) is 33.8. The summed E-state index contributed by atoms with van der Waals surface area (Å²) in [6.07, 6.45) is 0. The predicted octanol–water partition coefficient (Wildman–Crippen LogP) is 16.4. The third kappa shape index (κ3) is 5.37. The van der Waals surface area contributed by atoms with Gasteiger partial charge in [0.05, 0.1) is 0 Å². The predicted molar refractivity (Wildman–Crippen MR) is 253 cm³/mol. The van der Waals surface area contributed by atoms with Gasteiger partial charge >= 0.3 is 0 Å². The summed E-state index contributed by atoms with van der Waals surface area (Å²) in [5.74, 6) is 0. The average Bonchev–Trinajstić information content (AvgIpc) is 3.52. The van der Waals surface area contributed by atoms with Crippen LogP contribution in [0.3, 0.4) is 0 Å². The summed E-state index contributed by atoms with van der Waals surface area (Å²) in [7, 11) is 0. The van der Waals surface area contributed by atoms with Crippen LogP contribution in [-0.4, -0.2) is 0 Å². The third-order valence-corrected chi connectivity index (χ3v) is 13.2. The average molecular weight is 749 g/mol. The summed E-state index contributed by atoms with van der Waals surface area (Å²) >= 11 is 0. The van der Waals surface area contributed by atoms with Gasteiger partial charge in [0.2, 0.25) is 0 Å². The van der Waals surface area contributed by atoms with E-state index in [0.717, 1.165) is 0 Å². The topological polar surface area (TPSA) is 0 Å². The zero-order valence-electron chi connectivity index (χ0n) is 33.1. The van der Waals surface area contributed by atoms with E-state index in [1.54, 1.807) is 0 Å². The Balaban J connectivity index is 0.878. The maximum atomic E-state index is 2.43. The smallest absolute Gasteiger partial charge is 0.0159 e. The molecule has 0 saturated carbocycles. The van der Waals surface area contributed by atoms with Crippen LogP contribution in [0.15, 0.2) is 206 Å². The van der Waals surface area contributed by atoms with Gasteiger partial charge in [0, 0.05) is 5.41 Å². The molecular formula is C59H40. The molecule has 11 aromatic rings. The van der Waals surface area contributed by atoms with Gasteiger partial charge in [0.1, 0.15) is 0 Å². The Hall–Kier alpha value is -7.28. The van der Waals surface area contributed by atoms with E-state index in [-0.39, 0.29) is 5.41 Å². The first-order valence-corrected chi connectivity index (χ1v) is 20.7. The van der Waals surface area contributed by atoms with Gasteiger partial charge in [-0.05, 0) is 163 Å². The van der Waals surface area contributed by atoms with E-state index in [9.17, 15) is 0 Å². The fourth-order valence-electron chi connectivity index (χ4n) is 10.0. The zero-order valence-corrected chi connectivity index (χ0v) is 33.1. The highest BCUT2D eigenvalue weighted by molar-refractivity contribution is 6.23. The van der Waals surface area contributed by atoms with Gasteiger partial charge in [-0.15, -0.1) is 0 Å². The molecule has 0 unspecified atom stereocenters. The van der Waals surface area contributed by atoms with Gasteiger partial charge in [-0.2, -0.15) is 0 Å². The second-order valence-corrected chi connectivity index (χ2v) is 16.9. The van der Waals surface area contributed by atoms with Gasteiger partial charge in [-0.3, -0.25) is 0 Å². The summed E-state index contributed by atoms with van der Waals surface area (Å²) in [5, 5.41) is 12.8. The molecule has 1 aliphatic carbocycles. The molecule has 0 bridgehead atoms. The van der Waals surface area contributed by atoms with E-state index in [4.69, 9.17) is 0 Å². The maximum absolute atomic E-state index is 2.43. The highest BCUT2D eigenvalue weighted by Gasteiger charge is 2.36. The quantitative estimate of drug-likeness (QED) is 0.157. The minimum atomic E-state index is -0.0869. The molecule has 0 saturated heterocycles. The van der Waals surface area contributed by atoms with Crippen molar-refractivity contribution in [3.8, 4) is 55.6 Å². The SMILES string of the molecule is CC1(C)c2cc(-c3ccccc3)ccc2-c2ccc(-c3ccc4cc(-c5ccc6ccc(-c7cc8ccc9ccccc9c8c8ccccc78)cc6c5)ccc4c3)cc21. The lowest BCUT2D eigenvalue weighted by atomic mass is 9.81. The zero-order chi connectivity index (χ0) is 39.2. The fraction of sp³-hybridized carbons (Fsp3) is 0.0508. The normalized spacial score (nSPS) is 13.1. The van der Waals surface area contributed by atoms with E-state index < -0.39 is 0 Å². The van der Waals surface area contributed by atoms with Gasteiger partial charge in [0.15, 0.2) is 0 Å². The lowest BCUT2D eigenvalue weighted by Gasteiger charge is -2.22. The largest absolute Gasteiger partial charge is 0.0622 e. The lowest BCUT2D eigenvalue weighted by molar-refractivity contribution is 0.661. The number of hydrogen-bond donors (Lipinski definition) is 0. The van der Waals surface area contributed by atoms with E-state index >= 15 is 0 Å². The molecule has 0 spiro atoms. The molecular weight excluding hydrogens is 709 g/mol. The fourth-order valence-corrected chi connectivity index (χ4v) is 10.0. The van der Waals surface area contributed by atoms with Crippen LogP contribution in [0, 0.1) is 0 Å². The Morgan fingerprint density at radius 1 is 0.254 bits per heavy atom. The molecule has 0 aromatic heterocycles. The summed E-state index contributed by atoms with van der Waals surface area (Å²) < 4.78 is 0. The molecule has 0 fully saturated rings. The van der Waals surface area contributed by atoms with E-state index in [1.807, 2.05) is 0 Å². The van der Waals surface area contributed by atoms with Crippen molar-refractivity contribution in [3.05, 3.63) is 217 Å². The van der Waals surface area contributed by atoms with Gasteiger partial charge in [-0.25, -0.2) is 0 Å². The maximum Gasteiger partial charge on any atom is 0.0159 e. The molecule has 0 radical (unpaired) electrons. The number of hydrogen-bond acceptors (Lipinski definition) is 0. The first-order chi connectivity index (χ1) is 29.0. The van der Waals surface area contributed by atoms with Crippen molar-refractivity contribution in [2.45, 2.75) is 19.3 Å². The van der Waals surface area contributed by atoms with Gasteiger partial charge in [-0.1, -0.05) is 178 Å². The summed E-state index contributed by atoms with van der Waals surface area (Å²) in [6, 6.07) is 77.0. The molecule has 0 atom stereocenters. The van der Waals surface area contributed by atoms with Crippen molar-refractivity contribution in [2.24, 2.45) is 0 Å². The van der Waals surface area contributed by atoms with Crippen LogP contribution < -0.4 is 0 Å². The monoisotopic (exact) mass is 748 g/mol. The van der Waals surface area contributed by atoms with Crippen LogP contribution in [0.2, 0.25) is 0 Å². The second kappa shape index (κ2) is 12.9. The number of rotatable bonds is 4. The van der Waals surface area contributed by atoms with Gasteiger partial charge < -0.3 is 0 Å². The van der Waals surface area contributed by atoms with Crippen LogP contribution in [0.4, 0.5) is 0 Å². The Morgan fingerprint density at radius 2 is 0.712 bits per heavy atom. The molecule has 11 aromatic carbocycles. The van der Waals surface area contributed by atoms with E-state index in [1.165, 1.54) is 121 Å². The van der Waals surface area contributed by atoms with Crippen LogP contribution in [-0.2, 0) is 5.41 Å². The molecule has 0 N–H and O–H groups in total. The second-order valence-electron chi connectivity index (χ2n) is 16.9. The molecule has 1 aliphatic rings. The number of fused-ring (bicyclic) bond motifs is 10. The van der Waals surface area contributed by atoms with Crippen LogP contribution >= 0.6 is 0 Å². The lowest BCUT2D eigenvalue weighted by Crippen LogP contribution is -2.15. The third-order valence-electron chi connectivity index (χ3n) is 13.2. The summed E-state index contributed by atoms with van der Waals surface area (Å²) in [6.45, 7) is 4.75. The molecule has 0 heterocycles. The Labute approximate surface area is 344 Å². The van der Waals surface area contributed by atoms with Crippen molar-refractivity contribution in [1.82, 2.24) is 0 Å². The molecule has 59 heavy (non-hydrogen) atoms. The number of benzene rings is 11. The Kier molecular flexibility index (Phi) is 7.38. The highest BCUT2D eigenvalue weighted by Crippen LogP contribution is 2.51. The summed E-state index contributed by atoms with van der Waals surface area (Å²) in [5.41, 5.74) is 15.4. The Bertz CT molecular complexity index is 3510. The first-order valence-electron chi connectivity index (χ1n) is 20.7. The van der Waals surface area contributed by atoms with Crippen LogP contribution in [0.5, 0.6) is 0 Å². The Morgan fingerprint density at radius 3 is 1.39 bits per heavy atom. The van der Waals surface area contributed by atoms with E-state index in [2.05, 4.69) is 220 Å². The highest BCUT2D eigenvalue weighted by atomic mass is 14.4. The van der Waals surface area contributed by atoms with Crippen molar-refractivity contribution in [3.63, 3.8) is 0 Å². The molecule has 0 nitrogen and oxygen atoms in total. The standard InChI is InChI=1S/C59H40/c1-59(2)56-35-45(37-10-4-3-5-11-37)26-28-52(56)53-29-27-46(36-57(53)59)43-23-22-40-30-42(21-20-41(40)31-43)44-19-16-38-17-24-47(33-49(38)32-44)55-34-48-25-18-39-12-6-7-13-50(39)58(48)54-15-9-8-14-51(54)55/h3-36H,1-2H3.